The number of carbonyl (C=O) groups excluding carboxylic acids is 1. The Labute approximate surface area is 153 Å². The molecule has 2 atom stereocenters. The minimum absolute atomic E-state index is 0.0747. The summed E-state index contributed by atoms with van der Waals surface area (Å²) in [4.78, 5) is 14.7. The van der Waals surface area contributed by atoms with Crippen LogP contribution in [0.2, 0.25) is 0 Å². The number of likely N-dealkylation sites (N-methyl/N-ethyl adjacent to an activating group) is 1. The highest BCUT2D eigenvalue weighted by Crippen LogP contribution is 2.31. The summed E-state index contributed by atoms with van der Waals surface area (Å²) in [7, 11) is 0. The van der Waals surface area contributed by atoms with Crippen LogP contribution in [0.1, 0.15) is 30.1 Å². The molecule has 1 amide bonds. The number of hydrogen-bond acceptors (Lipinski definition) is 4. The fraction of sp³-hybridized carbons (Fsp3) is 0.500. The summed E-state index contributed by atoms with van der Waals surface area (Å²) >= 11 is 0. The van der Waals surface area contributed by atoms with Crippen LogP contribution in [0.25, 0.3) is 11.1 Å². The van der Waals surface area contributed by atoms with Crippen molar-refractivity contribution in [1.82, 2.24) is 14.7 Å². The zero-order valence-electron chi connectivity index (χ0n) is 15.0. The predicted octanol–water partition coefficient (Wildman–Crippen LogP) is 2.18. The van der Waals surface area contributed by atoms with Crippen LogP contribution < -0.4 is 0 Å². The van der Waals surface area contributed by atoms with Crippen molar-refractivity contribution in [1.29, 1.82) is 0 Å². The Bertz CT molecular complexity index is 784. The van der Waals surface area contributed by atoms with E-state index in [0.717, 1.165) is 23.6 Å². The molecule has 1 aliphatic carbocycles. The van der Waals surface area contributed by atoms with E-state index >= 15 is 0 Å². The fourth-order valence-electron chi connectivity index (χ4n) is 3.53. The van der Waals surface area contributed by atoms with Crippen LogP contribution in [-0.2, 0) is 11.3 Å². The number of ether oxygens (including phenoxy) is 1. The van der Waals surface area contributed by atoms with E-state index in [0.29, 0.717) is 18.7 Å². The van der Waals surface area contributed by atoms with E-state index in [1.165, 1.54) is 12.8 Å². The van der Waals surface area contributed by atoms with Crippen LogP contribution in [-0.4, -0.2) is 57.6 Å². The van der Waals surface area contributed by atoms with Gasteiger partial charge in [0.05, 0.1) is 31.6 Å². The number of aliphatic hydroxyl groups is 1. The summed E-state index contributed by atoms with van der Waals surface area (Å²) in [6.07, 6.45) is 5.88. The zero-order chi connectivity index (χ0) is 18.1. The second kappa shape index (κ2) is 7.21. The molecule has 26 heavy (non-hydrogen) atoms. The van der Waals surface area contributed by atoms with Gasteiger partial charge >= 0.3 is 0 Å². The molecule has 1 saturated carbocycles. The minimum Gasteiger partial charge on any atom is -0.388 e. The fourth-order valence-corrected chi connectivity index (χ4v) is 3.53. The average molecular weight is 355 g/mol. The number of carbonyl (C=O) groups is 1. The van der Waals surface area contributed by atoms with Crippen molar-refractivity contribution in [3.8, 4) is 11.1 Å². The van der Waals surface area contributed by atoms with Gasteiger partial charge < -0.3 is 14.7 Å². The van der Waals surface area contributed by atoms with Crippen LogP contribution in [0.15, 0.2) is 36.7 Å². The van der Waals surface area contributed by atoms with E-state index in [9.17, 15) is 9.90 Å². The first-order valence-corrected chi connectivity index (χ1v) is 9.35. The maximum Gasteiger partial charge on any atom is 0.254 e. The van der Waals surface area contributed by atoms with Gasteiger partial charge in [0.15, 0.2) is 0 Å². The first kappa shape index (κ1) is 17.2. The van der Waals surface area contributed by atoms with Crippen molar-refractivity contribution in [2.45, 2.75) is 38.5 Å². The molecule has 1 aliphatic heterocycles. The Morgan fingerprint density at radius 1 is 1.35 bits per heavy atom. The van der Waals surface area contributed by atoms with Crippen molar-refractivity contribution < 1.29 is 14.6 Å². The van der Waals surface area contributed by atoms with Gasteiger partial charge in [-0.3, -0.25) is 9.48 Å². The lowest BCUT2D eigenvalue weighted by Gasteiger charge is -2.29. The molecule has 0 spiro atoms. The van der Waals surface area contributed by atoms with Gasteiger partial charge in [0.1, 0.15) is 0 Å². The van der Waals surface area contributed by atoms with Crippen LogP contribution in [0.3, 0.4) is 0 Å². The van der Waals surface area contributed by atoms with Gasteiger partial charge in [-0.25, -0.2) is 0 Å². The van der Waals surface area contributed by atoms with Gasteiger partial charge in [0.25, 0.3) is 5.91 Å². The van der Waals surface area contributed by atoms with E-state index in [-0.39, 0.29) is 18.6 Å². The number of nitrogens with zero attached hydrogens (tertiary/aromatic N) is 3. The first-order valence-electron chi connectivity index (χ1n) is 9.35. The smallest absolute Gasteiger partial charge is 0.254 e. The predicted molar refractivity (Wildman–Crippen MR) is 97.7 cm³/mol. The van der Waals surface area contributed by atoms with Crippen LogP contribution in [0.4, 0.5) is 0 Å². The van der Waals surface area contributed by atoms with E-state index in [1.807, 2.05) is 48.3 Å². The van der Waals surface area contributed by atoms with E-state index < -0.39 is 6.10 Å². The van der Waals surface area contributed by atoms with Crippen molar-refractivity contribution in [3.63, 3.8) is 0 Å². The van der Waals surface area contributed by atoms with Crippen LogP contribution >= 0.6 is 0 Å². The Balaban J connectivity index is 1.54. The molecule has 138 valence electrons. The Kier molecular flexibility index (Phi) is 4.78. The number of hydrogen-bond donors (Lipinski definition) is 1. The molecule has 2 aliphatic rings. The van der Waals surface area contributed by atoms with Crippen molar-refractivity contribution in [2.24, 2.45) is 5.92 Å². The number of aromatic nitrogens is 2. The molecule has 6 heteroatoms. The summed E-state index contributed by atoms with van der Waals surface area (Å²) in [5.41, 5.74) is 2.63. The van der Waals surface area contributed by atoms with Crippen molar-refractivity contribution >= 4 is 5.91 Å². The lowest BCUT2D eigenvalue weighted by Crippen LogP contribution is -2.46. The highest BCUT2D eigenvalue weighted by molar-refractivity contribution is 5.95. The van der Waals surface area contributed by atoms with Crippen molar-refractivity contribution in [3.05, 3.63) is 42.2 Å². The SMILES string of the molecule is CCN(C(=O)c1cccc(-c2cnn(CC3CC3)c2)c1)[C@H]1COC[C@@H]1O. The molecule has 1 N–H and O–H groups in total. The normalized spacial score (nSPS) is 22.5. The lowest BCUT2D eigenvalue weighted by atomic mass is 10.0. The molecule has 0 bridgehead atoms. The van der Waals surface area contributed by atoms with Crippen molar-refractivity contribution in [2.75, 3.05) is 19.8 Å². The molecule has 6 nitrogen and oxygen atoms in total. The van der Waals surface area contributed by atoms with E-state index in [2.05, 4.69) is 5.10 Å². The quantitative estimate of drug-likeness (QED) is 0.862. The molecular weight excluding hydrogens is 330 g/mol. The minimum atomic E-state index is -0.622. The summed E-state index contributed by atoms with van der Waals surface area (Å²) in [6, 6.07) is 7.35. The molecule has 2 aromatic rings. The number of benzene rings is 1. The van der Waals surface area contributed by atoms with E-state index in [4.69, 9.17) is 4.74 Å². The van der Waals surface area contributed by atoms with Gasteiger partial charge in [-0.05, 0) is 43.4 Å². The summed E-state index contributed by atoms with van der Waals surface area (Å²) < 4.78 is 7.31. The monoisotopic (exact) mass is 355 g/mol. The number of rotatable bonds is 6. The third-order valence-corrected chi connectivity index (χ3v) is 5.24. The lowest BCUT2D eigenvalue weighted by molar-refractivity contribution is 0.0520. The van der Waals surface area contributed by atoms with Gasteiger partial charge in [-0.15, -0.1) is 0 Å². The topological polar surface area (TPSA) is 67.6 Å². The highest BCUT2D eigenvalue weighted by Gasteiger charge is 2.34. The zero-order valence-corrected chi connectivity index (χ0v) is 15.0. The number of aliphatic hydroxyl groups excluding tert-OH is 1. The molecule has 0 radical (unpaired) electrons. The molecular formula is C20H25N3O3. The molecule has 1 saturated heterocycles. The Hall–Kier alpha value is -2.18. The summed E-state index contributed by atoms with van der Waals surface area (Å²) in [5.74, 6) is 0.697. The van der Waals surface area contributed by atoms with Crippen LogP contribution in [0, 0.1) is 5.92 Å². The Morgan fingerprint density at radius 3 is 2.88 bits per heavy atom. The summed E-state index contributed by atoms with van der Waals surface area (Å²) in [6.45, 7) is 4.10. The number of amides is 1. The third-order valence-electron chi connectivity index (χ3n) is 5.24. The van der Waals surface area contributed by atoms with Gasteiger partial charge in [-0.1, -0.05) is 12.1 Å². The summed E-state index contributed by atoms with van der Waals surface area (Å²) in [5, 5.41) is 14.5. The van der Waals surface area contributed by atoms with Gasteiger partial charge in [0.2, 0.25) is 0 Å². The second-order valence-electron chi connectivity index (χ2n) is 7.24. The highest BCUT2D eigenvalue weighted by atomic mass is 16.5. The van der Waals surface area contributed by atoms with E-state index in [1.54, 1.807) is 4.90 Å². The van der Waals surface area contributed by atoms with Gasteiger partial charge in [-0.2, -0.15) is 5.10 Å². The molecule has 2 heterocycles. The molecule has 4 rings (SSSR count). The average Bonchev–Trinajstić information content (AvgIpc) is 3.17. The molecule has 1 aromatic carbocycles. The largest absolute Gasteiger partial charge is 0.388 e. The standard InChI is InChI=1S/C20H25N3O3/c1-2-23(18-12-26-13-19(18)24)20(25)16-5-3-4-15(8-16)17-9-21-22(11-17)10-14-6-7-14/h3-5,8-9,11,14,18-19,24H,2,6-7,10,12-13H2,1H3/t18-,19-/m0/s1. The van der Waals surface area contributed by atoms with Crippen LogP contribution in [0.5, 0.6) is 0 Å². The molecule has 1 aromatic heterocycles. The maximum absolute atomic E-state index is 13.0. The second-order valence-corrected chi connectivity index (χ2v) is 7.24. The molecule has 0 unspecified atom stereocenters. The Morgan fingerprint density at radius 2 is 2.19 bits per heavy atom. The first-order chi connectivity index (χ1) is 12.7. The van der Waals surface area contributed by atoms with Gasteiger partial charge in [0, 0.05) is 30.4 Å². The maximum atomic E-state index is 13.0. The molecule has 2 fully saturated rings. The third kappa shape index (κ3) is 3.52.